The van der Waals surface area contributed by atoms with Gasteiger partial charge < -0.3 is 24.8 Å². The molecule has 0 saturated heterocycles. The molecule has 2 aliphatic rings. The van der Waals surface area contributed by atoms with Crippen LogP contribution in [0.4, 0.5) is 0 Å². The van der Waals surface area contributed by atoms with Crippen molar-refractivity contribution in [2.75, 3.05) is 0 Å². The third kappa shape index (κ3) is 13.9. The number of rotatable bonds is 10. The van der Waals surface area contributed by atoms with Crippen LogP contribution in [0.2, 0.25) is 13.1 Å². The molecule has 0 aliphatic heterocycles. The van der Waals surface area contributed by atoms with Gasteiger partial charge in [-0.25, -0.2) is 0 Å². The van der Waals surface area contributed by atoms with Gasteiger partial charge in [0, 0.05) is 0 Å². The number of halogens is 2. The molecule has 0 radical (unpaired) electrons. The van der Waals surface area contributed by atoms with E-state index in [9.17, 15) is 0 Å². The zero-order chi connectivity index (χ0) is 41.0. The second-order valence-corrected chi connectivity index (χ2v) is 28.1. The predicted octanol–water partition coefficient (Wildman–Crippen LogP) is 11.2. The van der Waals surface area contributed by atoms with Crippen LogP contribution in [0.3, 0.4) is 0 Å². The Morgan fingerprint density at radius 2 is 0.850 bits per heavy atom. The van der Waals surface area contributed by atoms with Crippen molar-refractivity contribution in [1.29, 1.82) is 0 Å². The molecule has 0 unspecified atom stereocenters. The summed E-state index contributed by atoms with van der Waals surface area (Å²) in [5.41, 5.74) is 12.5. The number of hydrogen-bond donors (Lipinski definition) is 0. The van der Waals surface area contributed by atoms with E-state index in [1.54, 1.807) is 34.5 Å². The zero-order valence-electron chi connectivity index (χ0n) is 37.9. The number of hydrogen-bond acceptors (Lipinski definition) is 0. The first-order valence-corrected chi connectivity index (χ1v) is 29.3. The standard InChI is InChI=1S/2C27H33.C2H6Si.2ClH.Zr/c2*1-3-15-27(16-6-4-5-7-17-27)20-22-18-24-9-8-10-25(26(24)19-22)23-13-11-21(2)12-14-23;1-3-2;;;/h2*8-14,18-19H,3-7,15-17,20H2,1-2H3;1-2H3;2*1H;/q2*-1;;;;+2/p-2. The van der Waals surface area contributed by atoms with Gasteiger partial charge in [-0.15, -0.1) is 69.1 Å². The Hall–Kier alpha value is -2.22. The van der Waals surface area contributed by atoms with E-state index < -0.39 is 0 Å². The maximum atomic E-state index is 2.49. The van der Waals surface area contributed by atoms with Crippen LogP contribution in [0.1, 0.15) is 139 Å². The van der Waals surface area contributed by atoms with Crippen molar-refractivity contribution in [1.82, 2.24) is 0 Å². The van der Waals surface area contributed by atoms with Gasteiger partial charge in [0.15, 0.2) is 0 Å². The van der Waals surface area contributed by atoms with Crippen molar-refractivity contribution < 1.29 is 48.1 Å². The number of fused-ring (bicyclic) bond motifs is 2. The quantitative estimate of drug-likeness (QED) is 0.0729. The van der Waals surface area contributed by atoms with Crippen LogP contribution in [-0.4, -0.2) is 5.43 Å². The van der Waals surface area contributed by atoms with Crippen LogP contribution in [0.5, 0.6) is 0 Å². The van der Waals surface area contributed by atoms with E-state index in [-0.39, 0.29) is 30.2 Å². The summed E-state index contributed by atoms with van der Waals surface area (Å²) in [5, 5.41) is 5.67. The van der Waals surface area contributed by atoms with Crippen LogP contribution >= 0.6 is 0 Å². The minimum atomic E-state index is 0. The Balaban J connectivity index is 0.000000236. The molecule has 0 spiro atoms. The van der Waals surface area contributed by atoms with E-state index in [4.69, 9.17) is 0 Å². The Bertz CT molecular complexity index is 2020. The molecular formula is C56H72Cl2SiZr-2. The monoisotopic (exact) mass is 932 g/mol. The molecule has 8 rings (SSSR count). The SMILES string of the molecule is CCCC1(Cc2cc3c(-c4ccc(C)cc4)cccc3[cH-]2)CCCCCC1.CCCC1(Cc2cc3c(-c4ccc(C)cc4)cccc3[cH-]2)CCCCCC1.C[Si](C)=[Zr+2].[Cl-].[Cl-]. The summed E-state index contributed by atoms with van der Waals surface area (Å²) in [6.07, 6.45) is 25.1. The minimum Gasteiger partial charge on any atom is -1.00 e. The molecular weight excluding hydrogens is 863 g/mol. The van der Waals surface area contributed by atoms with Gasteiger partial charge in [0.25, 0.3) is 0 Å². The van der Waals surface area contributed by atoms with E-state index in [1.165, 1.54) is 171 Å². The van der Waals surface area contributed by atoms with E-state index >= 15 is 0 Å². The van der Waals surface area contributed by atoms with Crippen molar-refractivity contribution in [3.05, 3.63) is 131 Å². The molecule has 320 valence electrons. The van der Waals surface area contributed by atoms with Gasteiger partial charge in [-0.1, -0.05) is 161 Å². The summed E-state index contributed by atoms with van der Waals surface area (Å²) >= 11 is 1.74. The molecule has 6 aromatic rings. The van der Waals surface area contributed by atoms with E-state index in [2.05, 4.69) is 150 Å². The summed E-state index contributed by atoms with van der Waals surface area (Å²) in [6, 6.07) is 41.4. The minimum absolute atomic E-state index is 0. The Kier molecular flexibility index (Phi) is 20.7. The molecule has 2 fully saturated rings. The fraction of sp³-hybridized carbons (Fsp3) is 0.464. The molecule has 60 heavy (non-hydrogen) atoms. The molecule has 0 amide bonds. The van der Waals surface area contributed by atoms with Crippen molar-refractivity contribution in [2.24, 2.45) is 10.8 Å². The van der Waals surface area contributed by atoms with Gasteiger partial charge in [-0.05, 0) is 87.2 Å². The van der Waals surface area contributed by atoms with Crippen LogP contribution in [0.15, 0.2) is 109 Å². The van der Waals surface area contributed by atoms with Crippen LogP contribution in [0, 0.1) is 24.7 Å². The molecule has 0 bridgehead atoms. The Morgan fingerprint density at radius 3 is 1.17 bits per heavy atom. The van der Waals surface area contributed by atoms with Gasteiger partial charge >= 0.3 is 41.9 Å². The zero-order valence-corrected chi connectivity index (χ0v) is 42.8. The van der Waals surface area contributed by atoms with Crippen LogP contribution in [-0.2, 0) is 36.2 Å². The molecule has 0 N–H and O–H groups in total. The second kappa shape index (κ2) is 24.6. The third-order valence-corrected chi connectivity index (χ3v) is 13.4. The summed E-state index contributed by atoms with van der Waals surface area (Å²) in [4.78, 5) is 0. The first-order valence-electron chi connectivity index (χ1n) is 23.1. The second-order valence-electron chi connectivity index (χ2n) is 18.8. The van der Waals surface area contributed by atoms with Crippen LogP contribution < -0.4 is 24.8 Å². The number of benzene rings is 4. The largest absolute Gasteiger partial charge is 1.00 e. The summed E-state index contributed by atoms with van der Waals surface area (Å²) in [5.74, 6) is 0. The van der Waals surface area contributed by atoms with E-state index in [0.717, 1.165) is 0 Å². The maximum Gasteiger partial charge on any atom is -1.00 e. The van der Waals surface area contributed by atoms with Crippen molar-refractivity contribution >= 4 is 27.0 Å². The van der Waals surface area contributed by atoms with Crippen molar-refractivity contribution in [3.8, 4) is 22.3 Å². The van der Waals surface area contributed by atoms with Gasteiger partial charge in [-0.3, -0.25) is 0 Å². The predicted molar refractivity (Wildman–Crippen MR) is 254 cm³/mol. The first-order chi connectivity index (χ1) is 28.1. The molecule has 0 aromatic heterocycles. The van der Waals surface area contributed by atoms with Gasteiger partial charge in [-0.2, -0.15) is 12.1 Å². The van der Waals surface area contributed by atoms with Gasteiger partial charge in [0.2, 0.25) is 0 Å². The fourth-order valence-electron chi connectivity index (χ4n) is 10.7. The molecule has 6 aromatic carbocycles. The van der Waals surface area contributed by atoms with Gasteiger partial charge in [0.05, 0.1) is 0 Å². The normalized spacial score (nSPS) is 15.9. The van der Waals surface area contributed by atoms with E-state index in [1.807, 2.05) is 0 Å². The summed E-state index contributed by atoms with van der Waals surface area (Å²) in [7, 11) is 0. The average Bonchev–Trinajstić information content (AvgIpc) is 3.63. The number of aryl methyl sites for hydroxylation is 2. The fourth-order valence-corrected chi connectivity index (χ4v) is 10.7. The average molecular weight is 935 g/mol. The molecule has 4 heteroatoms. The first kappa shape index (κ1) is 50.4. The Labute approximate surface area is 393 Å². The summed E-state index contributed by atoms with van der Waals surface area (Å²) in [6.45, 7) is 13.7. The molecule has 2 aliphatic carbocycles. The molecule has 0 nitrogen and oxygen atoms in total. The molecule has 0 atom stereocenters. The maximum absolute atomic E-state index is 2.49. The van der Waals surface area contributed by atoms with Gasteiger partial charge in [0.1, 0.15) is 0 Å². The van der Waals surface area contributed by atoms with Crippen molar-refractivity contribution in [3.63, 3.8) is 0 Å². The summed E-state index contributed by atoms with van der Waals surface area (Å²) < 4.78 is 0. The van der Waals surface area contributed by atoms with E-state index in [0.29, 0.717) is 10.8 Å². The topological polar surface area (TPSA) is 0 Å². The van der Waals surface area contributed by atoms with Crippen LogP contribution in [0.25, 0.3) is 43.8 Å². The Morgan fingerprint density at radius 1 is 0.517 bits per heavy atom. The van der Waals surface area contributed by atoms with Crippen molar-refractivity contribution in [2.45, 2.75) is 156 Å². The smallest absolute Gasteiger partial charge is 1.00 e. The molecule has 2 saturated carbocycles. The third-order valence-electron chi connectivity index (χ3n) is 13.4. The molecule has 0 heterocycles.